The fourth-order valence-corrected chi connectivity index (χ4v) is 2.29. The number of furan rings is 1. The second kappa shape index (κ2) is 4.37. The summed E-state index contributed by atoms with van der Waals surface area (Å²) in [6.45, 7) is 2.16. The minimum absolute atomic E-state index is 0.456. The Balaban J connectivity index is 2.43. The van der Waals surface area contributed by atoms with Gasteiger partial charge in [-0.1, -0.05) is 22.0 Å². The van der Waals surface area contributed by atoms with Gasteiger partial charge in [0.1, 0.15) is 5.58 Å². The highest BCUT2D eigenvalue weighted by molar-refractivity contribution is 9.10. The van der Waals surface area contributed by atoms with E-state index in [2.05, 4.69) is 28.2 Å². The maximum Gasteiger partial charge on any atom is 0.135 e. The van der Waals surface area contributed by atoms with E-state index in [1.807, 2.05) is 31.5 Å². The maximum atomic E-state index is 5.52. The number of rotatable bonds is 3. The summed E-state index contributed by atoms with van der Waals surface area (Å²) in [7, 11) is 1.97. The topological polar surface area (TPSA) is 25.2 Å². The number of likely N-dealkylation sites (N-methyl/N-ethyl adjacent to an activating group) is 1. The highest BCUT2D eigenvalue weighted by atomic mass is 79.9. The zero-order valence-electron chi connectivity index (χ0n) is 8.88. The van der Waals surface area contributed by atoms with Crippen LogP contribution in [0.25, 0.3) is 11.0 Å². The Morgan fingerprint density at radius 1 is 1.47 bits per heavy atom. The quantitative estimate of drug-likeness (QED) is 0.923. The molecule has 1 atom stereocenters. The summed E-state index contributed by atoms with van der Waals surface area (Å²) in [5.41, 5.74) is 2.20. The van der Waals surface area contributed by atoms with Crippen molar-refractivity contribution in [3.63, 3.8) is 0 Å². The fourth-order valence-electron chi connectivity index (χ4n) is 1.69. The van der Waals surface area contributed by atoms with Crippen LogP contribution >= 0.6 is 15.9 Å². The number of nitrogens with one attached hydrogen (secondary N) is 1. The second-order valence-electron chi connectivity index (χ2n) is 3.77. The summed E-state index contributed by atoms with van der Waals surface area (Å²) in [5.74, 6) is 0. The average molecular weight is 268 g/mol. The van der Waals surface area contributed by atoms with Crippen molar-refractivity contribution in [3.8, 4) is 0 Å². The van der Waals surface area contributed by atoms with Crippen molar-refractivity contribution in [2.24, 2.45) is 0 Å². The van der Waals surface area contributed by atoms with E-state index in [9.17, 15) is 0 Å². The van der Waals surface area contributed by atoms with Crippen molar-refractivity contribution in [2.75, 3.05) is 7.05 Å². The van der Waals surface area contributed by atoms with Crippen molar-refractivity contribution >= 4 is 26.9 Å². The lowest BCUT2D eigenvalue weighted by Gasteiger charge is -2.08. The largest absolute Gasteiger partial charge is 0.464 e. The van der Waals surface area contributed by atoms with E-state index in [1.54, 1.807) is 0 Å². The number of halogens is 1. The highest BCUT2D eigenvalue weighted by Gasteiger charge is 2.10. The lowest BCUT2D eigenvalue weighted by molar-refractivity contribution is 0.583. The molecule has 0 spiro atoms. The van der Waals surface area contributed by atoms with Crippen molar-refractivity contribution in [2.45, 2.75) is 19.4 Å². The molecule has 0 aliphatic heterocycles. The molecule has 0 aliphatic rings. The summed E-state index contributed by atoms with van der Waals surface area (Å²) in [6, 6.07) is 6.48. The maximum absolute atomic E-state index is 5.52. The van der Waals surface area contributed by atoms with Crippen LogP contribution in [0.1, 0.15) is 12.5 Å². The molecule has 2 rings (SSSR count). The van der Waals surface area contributed by atoms with Gasteiger partial charge in [-0.05, 0) is 32.5 Å². The second-order valence-corrected chi connectivity index (χ2v) is 4.62. The Kier molecular flexibility index (Phi) is 3.12. The van der Waals surface area contributed by atoms with Crippen molar-refractivity contribution in [1.29, 1.82) is 0 Å². The Morgan fingerprint density at radius 3 is 3.00 bits per heavy atom. The van der Waals surface area contributed by atoms with E-state index in [0.717, 1.165) is 16.5 Å². The number of hydrogen-bond acceptors (Lipinski definition) is 2. The molecule has 2 nitrogen and oxygen atoms in total. The van der Waals surface area contributed by atoms with E-state index in [-0.39, 0.29) is 0 Å². The van der Waals surface area contributed by atoms with Gasteiger partial charge in [-0.15, -0.1) is 0 Å². The smallest absolute Gasteiger partial charge is 0.135 e. The van der Waals surface area contributed by atoms with Crippen LogP contribution in [-0.4, -0.2) is 13.1 Å². The first-order chi connectivity index (χ1) is 7.22. The van der Waals surface area contributed by atoms with Crippen LogP contribution < -0.4 is 5.32 Å². The zero-order chi connectivity index (χ0) is 10.8. The lowest BCUT2D eigenvalue weighted by atomic mass is 10.1. The van der Waals surface area contributed by atoms with Crippen molar-refractivity contribution in [1.82, 2.24) is 5.32 Å². The fraction of sp³-hybridized carbons (Fsp3) is 0.333. The standard InChI is InChI=1S/C12H14BrNO/c1-8(14-2)6-9-7-15-11-5-3-4-10(13)12(9)11/h3-5,7-8,14H,6H2,1-2H3. The molecule has 0 aliphatic carbocycles. The van der Waals surface area contributed by atoms with Crippen LogP contribution in [0.2, 0.25) is 0 Å². The third-order valence-corrected chi connectivity index (χ3v) is 3.30. The van der Waals surface area contributed by atoms with Crippen LogP contribution in [0.15, 0.2) is 33.4 Å². The molecule has 3 heteroatoms. The molecule has 0 saturated carbocycles. The molecule has 1 unspecified atom stereocenters. The Labute approximate surface area is 97.8 Å². The first kappa shape index (κ1) is 10.7. The molecule has 1 aromatic heterocycles. The minimum atomic E-state index is 0.456. The normalized spacial score (nSPS) is 13.3. The molecule has 0 radical (unpaired) electrons. The lowest BCUT2D eigenvalue weighted by Crippen LogP contribution is -2.23. The summed E-state index contributed by atoms with van der Waals surface area (Å²) in [5, 5.41) is 4.42. The van der Waals surface area contributed by atoms with Gasteiger partial charge in [-0.3, -0.25) is 0 Å². The van der Waals surface area contributed by atoms with E-state index in [0.29, 0.717) is 6.04 Å². The van der Waals surface area contributed by atoms with Crippen LogP contribution in [-0.2, 0) is 6.42 Å². The SMILES string of the molecule is CNC(C)Cc1coc2cccc(Br)c12. The van der Waals surface area contributed by atoms with Gasteiger partial charge in [-0.2, -0.15) is 0 Å². The van der Waals surface area contributed by atoms with Crippen LogP contribution in [0.4, 0.5) is 0 Å². The molecule has 0 bridgehead atoms. The predicted molar refractivity (Wildman–Crippen MR) is 66.1 cm³/mol. The first-order valence-corrected chi connectivity index (χ1v) is 5.83. The van der Waals surface area contributed by atoms with Crippen LogP contribution in [0, 0.1) is 0 Å². The van der Waals surface area contributed by atoms with E-state index in [4.69, 9.17) is 4.42 Å². The van der Waals surface area contributed by atoms with Gasteiger partial charge in [0, 0.05) is 21.5 Å². The Hall–Kier alpha value is -0.800. The number of benzene rings is 1. The average Bonchev–Trinajstić information content (AvgIpc) is 2.63. The number of hydrogen-bond donors (Lipinski definition) is 1. The molecule has 15 heavy (non-hydrogen) atoms. The van der Waals surface area contributed by atoms with Gasteiger partial charge in [0.2, 0.25) is 0 Å². The van der Waals surface area contributed by atoms with Crippen molar-refractivity contribution < 1.29 is 4.42 Å². The molecule has 1 N–H and O–H groups in total. The van der Waals surface area contributed by atoms with Gasteiger partial charge in [-0.25, -0.2) is 0 Å². The third kappa shape index (κ3) is 2.08. The third-order valence-electron chi connectivity index (χ3n) is 2.64. The van der Waals surface area contributed by atoms with E-state index < -0.39 is 0 Å². The molecular formula is C12H14BrNO. The van der Waals surface area contributed by atoms with Crippen molar-refractivity contribution in [3.05, 3.63) is 34.5 Å². The van der Waals surface area contributed by atoms with Gasteiger partial charge in [0.25, 0.3) is 0 Å². The predicted octanol–water partition coefficient (Wildman–Crippen LogP) is 3.35. The molecule has 2 aromatic rings. The molecular weight excluding hydrogens is 254 g/mol. The molecule has 0 saturated heterocycles. The zero-order valence-corrected chi connectivity index (χ0v) is 10.5. The molecule has 80 valence electrons. The summed E-state index contributed by atoms with van der Waals surface area (Å²) >= 11 is 3.56. The summed E-state index contributed by atoms with van der Waals surface area (Å²) in [6.07, 6.45) is 2.83. The van der Waals surface area contributed by atoms with Gasteiger partial charge in [0.05, 0.1) is 6.26 Å². The summed E-state index contributed by atoms with van der Waals surface area (Å²) < 4.78 is 6.62. The van der Waals surface area contributed by atoms with Gasteiger partial charge < -0.3 is 9.73 Å². The molecule has 1 heterocycles. The van der Waals surface area contributed by atoms with Crippen LogP contribution in [0.3, 0.4) is 0 Å². The first-order valence-electron chi connectivity index (χ1n) is 5.04. The summed E-state index contributed by atoms with van der Waals surface area (Å²) in [4.78, 5) is 0. The number of fused-ring (bicyclic) bond motifs is 1. The Morgan fingerprint density at radius 2 is 2.27 bits per heavy atom. The molecule has 0 amide bonds. The highest BCUT2D eigenvalue weighted by Crippen LogP contribution is 2.29. The van der Waals surface area contributed by atoms with Gasteiger partial charge >= 0.3 is 0 Å². The molecule has 0 fully saturated rings. The van der Waals surface area contributed by atoms with E-state index in [1.165, 1.54) is 10.9 Å². The molecule has 1 aromatic carbocycles. The Bertz CT molecular complexity index is 464. The van der Waals surface area contributed by atoms with Gasteiger partial charge in [0.15, 0.2) is 0 Å². The monoisotopic (exact) mass is 267 g/mol. The minimum Gasteiger partial charge on any atom is -0.464 e. The van der Waals surface area contributed by atoms with E-state index >= 15 is 0 Å². The van der Waals surface area contributed by atoms with Crippen LogP contribution in [0.5, 0.6) is 0 Å².